The molecular weight excluding hydrogens is 282 g/mol. The van der Waals surface area contributed by atoms with Gasteiger partial charge in [-0.05, 0) is 19.4 Å². The van der Waals surface area contributed by atoms with Gasteiger partial charge >= 0.3 is 0 Å². The average Bonchev–Trinajstić information content (AvgIpc) is 2.95. The number of Topliss-reactive ketones (excluding diaryl/α,β-unsaturated/α-hetero) is 1. The van der Waals surface area contributed by atoms with E-state index in [0.717, 1.165) is 37.6 Å². The van der Waals surface area contributed by atoms with Gasteiger partial charge in [0.1, 0.15) is 5.69 Å². The first-order valence-corrected chi connectivity index (χ1v) is 8.07. The average molecular weight is 302 g/mol. The van der Waals surface area contributed by atoms with Crippen molar-refractivity contribution >= 4 is 33.9 Å². The van der Waals surface area contributed by atoms with E-state index in [2.05, 4.69) is 28.8 Å². The van der Waals surface area contributed by atoms with Crippen LogP contribution in [0.15, 0.2) is 5.38 Å². The van der Waals surface area contributed by atoms with Gasteiger partial charge in [-0.15, -0.1) is 22.9 Å². The highest BCUT2D eigenvalue weighted by Crippen LogP contribution is 2.25. The molecule has 2 heterocycles. The molecule has 6 heteroatoms. The SMILES string of the molecule is CCN1CCC(N(C)c2nc(C(=O)CCl)cs2)CC1. The quantitative estimate of drug-likeness (QED) is 0.618. The number of ketones is 1. The Balaban J connectivity index is 1.98. The molecule has 1 aromatic heterocycles. The minimum atomic E-state index is -0.0987. The first-order chi connectivity index (χ1) is 9.15. The smallest absolute Gasteiger partial charge is 0.196 e. The first kappa shape index (κ1) is 14.8. The Hall–Kier alpha value is -0.650. The molecular formula is C13H20ClN3OS. The number of piperidine rings is 1. The van der Waals surface area contributed by atoms with Gasteiger partial charge in [0.15, 0.2) is 10.9 Å². The number of rotatable bonds is 5. The molecule has 0 radical (unpaired) electrons. The van der Waals surface area contributed by atoms with Gasteiger partial charge in [0.25, 0.3) is 0 Å². The number of carbonyl (C=O) groups excluding carboxylic acids is 1. The molecule has 2 rings (SSSR count). The standard InChI is InChI=1S/C13H20ClN3OS/c1-3-17-6-4-10(5-7-17)16(2)13-15-11(9-19-13)12(18)8-14/h9-10H,3-8H2,1-2H3. The van der Waals surface area contributed by atoms with Crippen molar-refractivity contribution in [2.24, 2.45) is 0 Å². The third kappa shape index (κ3) is 3.46. The molecule has 1 fully saturated rings. The lowest BCUT2D eigenvalue weighted by Crippen LogP contribution is -2.43. The molecule has 1 aliphatic heterocycles. The van der Waals surface area contributed by atoms with E-state index in [0.29, 0.717) is 11.7 Å². The largest absolute Gasteiger partial charge is 0.348 e. The highest BCUT2D eigenvalue weighted by molar-refractivity contribution is 7.14. The predicted octanol–water partition coefficient (Wildman–Crippen LogP) is 2.49. The Kier molecular flexibility index (Phi) is 5.19. The van der Waals surface area contributed by atoms with Crippen LogP contribution in [-0.2, 0) is 0 Å². The van der Waals surface area contributed by atoms with E-state index in [4.69, 9.17) is 11.6 Å². The van der Waals surface area contributed by atoms with Crippen molar-refractivity contribution in [2.75, 3.05) is 37.5 Å². The minimum absolute atomic E-state index is 0.00176. The van der Waals surface area contributed by atoms with Crippen molar-refractivity contribution < 1.29 is 4.79 Å². The number of nitrogens with zero attached hydrogens (tertiary/aromatic N) is 3. The van der Waals surface area contributed by atoms with Gasteiger partial charge in [0.2, 0.25) is 0 Å². The number of anilines is 1. The number of halogens is 1. The Morgan fingerprint density at radius 1 is 1.58 bits per heavy atom. The van der Waals surface area contributed by atoms with Crippen molar-refractivity contribution in [3.05, 3.63) is 11.1 Å². The third-order valence-corrected chi connectivity index (χ3v) is 4.93. The number of carbonyl (C=O) groups is 1. The molecule has 19 heavy (non-hydrogen) atoms. The molecule has 0 aromatic carbocycles. The van der Waals surface area contributed by atoms with Crippen LogP contribution in [0.5, 0.6) is 0 Å². The fraction of sp³-hybridized carbons (Fsp3) is 0.692. The van der Waals surface area contributed by atoms with Crippen LogP contribution in [0.25, 0.3) is 0 Å². The van der Waals surface area contributed by atoms with Gasteiger partial charge in [0, 0.05) is 31.6 Å². The molecule has 4 nitrogen and oxygen atoms in total. The summed E-state index contributed by atoms with van der Waals surface area (Å²) in [5.41, 5.74) is 0.493. The molecule has 0 spiro atoms. The number of hydrogen-bond donors (Lipinski definition) is 0. The van der Waals surface area contributed by atoms with Crippen LogP contribution in [0.1, 0.15) is 30.3 Å². The summed E-state index contributed by atoms with van der Waals surface area (Å²) in [6.45, 7) is 5.62. The number of likely N-dealkylation sites (tertiary alicyclic amines) is 1. The Morgan fingerprint density at radius 2 is 2.26 bits per heavy atom. The molecule has 1 aromatic rings. The van der Waals surface area contributed by atoms with Crippen LogP contribution < -0.4 is 4.90 Å². The van der Waals surface area contributed by atoms with E-state index >= 15 is 0 Å². The van der Waals surface area contributed by atoms with Gasteiger partial charge in [-0.1, -0.05) is 6.92 Å². The van der Waals surface area contributed by atoms with Gasteiger partial charge in [-0.25, -0.2) is 4.98 Å². The predicted molar refractivity (Wildman–Crippen MR) is 80.7 cm³/mol. The maximum atomic E-state index is 11.5. The highest BCUT2D eigenvalue weighted by atomic mass is 35.5. The lowest BCUT2D eigenvalue weighted by Gasteiger charge is -2.36. The lowest BCUT2D eigenvalue weighted by molar-refractivity contribution is 0.101. The summed E-state index contributed by atoms with van der Waals surface area (Å²) >= 11 is 7.08. The molecule has 1 saturated heterocycles. The summed E-state index contributed by atoms with van der Waals surface area (Å²) in [7, 11) is 2.07. The zero-order chi connectivity index (χ0) is 13.8. The van der Waals surface area contributed by atoms with Gasteiger partial charge < -0.3 is 9.80 Å². The van der Waals surface area contributed by atoms with E-state index in [-0.39, 0.29) is 11.7 Å². The topological polar surface area (TPSA) is 36.4 Å². The van der Waals surface area contributed by atoms with E-state index in [1.807, 2.05) is 0 Å². The number of alkyl halides is 1. The van der Waals surface area contributed by atoms with E-state index in [9.17, 15) is 4.79 Å². The van der Waals surface area contributed by atoms with E-state index in [1.165, 1.54) is 11.3 Å². The molecule has 0 bridgehead atoms. The second kappa shape index (κ2) is 6.68. The maximum Gasteiger partial charge on any atom is 0.196 e. The Bertz CT molecular complexity index is 429. The van der Waals surface area contributed by atoms with Gasteiger partial charge in [-0.3, -0.25) is 4.79 Å². The van der Waals surface area contributed by atoms with Crippen LogP contribution in [0, 0.1) is 0 Å². The van der Waals surface area contributed by atoms with Gasteiger partial charge in [0.05, 0.1) is 5.88 Å². The molecule has 0 saturated carbocycles. The Labute approximate surface area is 123 Å². The molecule has 0 unspecified atom stereocenters. The first-order valence-electron chi connectivity index (χ1n) is 6.65. The van der Waals surface area contributed by atoms with Crippen LogP contribution in [0.4, 0.5) is 5.13 Å². The van der Waals surface area contributed by atoms with Crippen LogP contribution in [0.2, 0.25) is 0 Å². The summed E-state index contributed by atoms with van der Waals surface area (Å²) in [6.07, 6.45) is 2.31. The molecule has 0 aliphatic carbocycles. The normalized spacial score (nSPS) is 17.6. The summed E-state index contributed by atoms with van der Waals surface area (Å²) in [5.74, 6) is -0.0970. The fourth-order valence-corrected chi connectivity index (χ4v) is 3.41. The van der Waals surface area contributed by atoms with E-state index < -0.39 is 0 Å². The zero-order valence-corrected chi connectivity index (χ0v) is 13.0. The number of hydrogen-bond acceptors (Lipinski definition) is 5. The summed E-state index contributed by atoms with van der Waals surface area (Å²) < 4.78 is 0. The molecule has 0 N–H and O–H groups in total. The van der Waals surface area contributed by atoms with Gasteiger partial charge in [-0.2, -0.15) is 0 Å². The molecule has 1 aliphatic rings. The summed E-state index contributed by atoms with van der Waals surface area (Å²) in [6, 6.07) is 0.521. The van der Waals surface area contributed by atoms with Crippen molar-refractivity contribution in [1.82, 2.24) is 9.88 Å². The van der Waals surface area contributed by atoms with Crippen LogP contribution in [-0.4, -0.2) is 54.3 Å². The zero-order valence-electron chi connectivity index (χ0n) is 11.4. The van der Waals surface area contributed by atoms with Crippen LogP contribution in [0.3, 0.4) is 0 Å². The lowest BCUT2D eigenvalue weighted by atomic mass is 10.0. The summed E-state index contributed by atoms with van der Waals surface area (Å²) in [5, 5.41) is 2.72. The highest BCUT2D eigenvalue weighted by Gasteiger charge is 2.23. The van der Waals surface area contributed by atoms with Crippen LogP contribution >= 0.6 is 22.9 Å². The monoisotopic (exact) mass is 301 g/mol. The van der Waals surface area contributed by atoms with Crippen molar-refractivity contribution in [3.8, 4) is 0 Å². The maximum absolute atomic E-state index is 11.5. The molecule has 0 atom stereocenters. The van der Waals surface area contributed by atoms with Crippen molar-refractivity contribution in [2.45, 2.75) is 25.8 Å². The second-order valence-electron chi connectivity index (χ2n) is 4.85. The number of aromatic nitrogens is 1. The fourth-order valence-electron chi connectivity index (χ4n) is 2.40. The summed E-state index contributed by atoms with van der Waals surface area (Å²) in [4.78, 5) is 20.6. The van der Waals surface area contributed by atoms with Crippen molar-refractivity contribution in [1.29, 1.82) is 0 Å². The molecule has 0 amide bonds. The Morgan fingerprint density at radius 3 is 2.84 bits per heavy atom. The second-order valence-corrected chi connectivity index (χ2v) is 5.95. The molecule has 106 valence electrons. The van der Waals surface area contributed by atoms with Crippen molar-refractivity contribution in [3.63, 3.8) is 0 Å². The number of thiazole rings is 1. The van der Waals surface area contributed by atoms with E-state index in [1.54, 1.807) is 5.38 Å². The third-order valence-electron chi connectivity index (χ3n) is 3.75. The minimum Gasteiger partial charge on any atom is -0.348 e.